The molecule has 1 fully saturated rings. The molecule has 0 saturated carbocycles. The molecular weight excluding hydrogens is 400 g/mol. The Hall–Kier alpha value is -3.67. The molecule has 0 unspecified atom stereocenters. The minimum absolute atomic E-state index is 0.0475. The maximum Gasteiger partial charge on any atom is 0.414 e. The third kappa shape index (κ3) is 5.91. The standard InChI is InChI=1S/C16H20N4O4.C2H2O4/c1-18-10-12(15(17-18)23-2)16(22)20-7-5-19(6-8-20)11-13(21)14-4-3-9-24-14;3-1(4)2(5)6/h3-4,9-10H,5-8,11H2,1-2H3;(H,3,4)(H,5,6). The van der Waals surface area contributed by atoms with E-state index in [1.807, 2.05) is 4.90 Å². The van der Waals surface area contributed by atoms with Gasteiger partial charge in [-0.15, -0.1) is 5.10 Å². The second-order valence-electron chi connectivity index (χ2n) is 6.30. The largest absolute Gasteiger partial charge is 0.479 e. The van der Waals surface area contributed by atoms with E-state index in [1.165, 1.54) is 13.4 Å². The van der Waals surface area contributed by atoms with Gasteiger partial charge in [-0.3, -0.25) is 19.2 Å². The highest BCUT2D eigenvalue weighted by molar-refractivity contribution is 6.27. The SMILES string of the molecule is COc1nn(C)cc1C(=O)N1CCN(CC(=O)c2ccco2)CC1.O=C(O)C(=O)O. The summed E-state index contributed by atoms with van der Waals surface area (Å²) in [4.78, 5) is 46.6. The summed E-state index contributed by atoms with van der Waals surface area (Å²) in [5, 5.41) is 18.9. The van der Waals surface area contributed by atoms with Crippen LogP contribution in [0.3, 0.4) is 0 Å². The molecular formula is C18H22N4O8. The lowest BCUT2D eigenvalue weighted by Crippen LogP contribution is -2.49. The summed E-state index contributed by atoms with van der Waals surface area (Å²) in [5.41, 5.74) is 0.458. The van der Waals surface area contributed by atoms with Crippen LogP contribution in [-0.2, 0) is 16.6 Å². The Morgan fingerprint density at radius 1 is 1.13 bits per heavy atom. The number of aliphatic carboxylic acids is 2. The van der Waals surface area contributed by atoms with Gasteiger partial charge < -0.3 is 24.3 Å². The van der Waals surface area contributed by atoms with E-state index in [4.69, 9.17) is 29.0 Å². The number of aromatic nitrogens is 2. The maximum atomic E-state index is 12.6. The normalized spacial score (nSPS) is 13.9. The lowest BCUT2D eigenvalue weighted by Gasteiger charge is -2.34. The number of carbonyl (C=O) groups is 4. The van der Waals surface area contributed by atoms with Crippen molar-refractivity contribution >= 4 is 23.6 Å². The van der Waals surface area contributed by atoms with Crippen molar-refractivity contribution in [2.45, 2.75) is 0 Å². The molecule has 2 N–H and O–H groups in total. The number of carboxylic acid groups (broad SMARTS) is 2. The number of piperazine rings is 1. The Morgan fingerprint density at radius 2 is 1.77 bits per heavy atom. The molecule has 1 saturated heterocycles. The number of nitrogens with zero attached hydrogens (tertiary/aromatic N) is 4. The van der Waals surface area contributed by atoms with Crippen molar-refractivity contribution in [1.82, 2.24) is 19.6 Å². The summed E-state index contributed by atoms with van der Waals surface area (Å²) in [7, 11) is 3.24. The van der Waals surface area contributed by atoms with Crippen LogP contribution < -0.4 is 4.74 Å². The zero-order chi connectivity index (χ0) is 22.3. The number of carbonyl (C=O) groups excluding carboxylic acids is 2. The van der Waals surface area contributed by atoms with Gasteiger partial charge in [-0.05, 0) is 12.1 Å². The summed E-state index contributed by atoms with van der Waals surface area (Å²) < 4.78 is 11.8. The number of methoxy groups -OCH3 is 1. The van der Waals surface area contributed by atoms with Crippen LogP contribution in [0.15, 0.2) is 29.0 Å². The van der Waals surface area contributed by atoms with Crippen LogP contribution in [0.2, 0.25) is 0 Å². The summed E-state index contributed by atoms with van der Waals surface area (Å²) in [6.07, 6.45) is 3.15. The first kappa shape index (κ1) is 22.6. The lowest BCUT2D eigenvalue weighted by molar-refractivity contribution is -0.159. The molecule has 30 heavy (non-hydrogen) atoms. The zero-order valence-corrected chi connectivity index (χ0v) is 16.5. The number of rotatable bonds is 5. The fourth-order valence-electron chi connectivity index (χ4n) is 2.76. The van der Waals surface area contributed by atoms with Gasteiger partial charge in [0.2, 0.25) is 11.7 Å². The van der Waals surface area contributed by atoms with Crippen LogP contribution in [-0.4, -0.2) is 93.3 Å². The highest BCUT2D eigenvalue weighted by atomic mass is 16.5. The Morgan fingerprint density at radius 3 is 2.27 bits per heavy atom. The van der Waals surface area contributed by atoms with Crippen molar-refractivity contribution in [1.29, 1.82) is 0 Å². The van der Waals surface area contributed by atoms with Crippen LogP contribution in [0.25, 0.3) is 0 Å². The fourth-order valence-corrected chi connectivity index (χ4v) is 2.76. The van der Waals surface area contributed by atoms with Crippen LogP contribution >= 0.6 is 0 Å². The van der Waals surface area contributed by atoms with Crippen molar-refractivity contribution in [2.75, 3.05) is 39.8 Å². The Labute approximate surface area is 171 Å². The number of amides is 1. The molecule has 3 rings (SSSR count). The summed E-state index contributed by atoms with van der Waals surface area (Å²) >= 11 is 0. The van der Waals surface area contributed by atoms with Crippen LogP contribution in [0.4, 0.5) is 0 Å². The minimum Gasteiger partial charge on any atom is -0.479 e. The highest BCUT2D eigenvalue weighted by Gasteiger charge is 2.27. The van der Waals surface area contributed by atoms with Gasteiger partial charge in [-0.2, -0.15) is 0 Å². The van der Waals surface area contributed by atoms with E-state index in [0.717, 1.165) is 0 Å². The summed E-state index contributed by atoms with van der Waals surface area (Å²) in [6, 6.07) is 3.36. The molecule has 0 atom stereocenters. The number of furan rings is 1. The van der Waals surface area contributed by atoms with E-state index in [9.17, 15) is 9.59 Å². The molecule has 0 bridgehead atoms. The van der Waals surface area contributed by atoms with Crippen LogP contribution in [0.5, 0.6) is 5.88 Å². The summed E-state index contributed by atoms with van der Waals surface area (Å²) in [6.45, 7) is 2.69. The number of hydrogen-bond donors (Lipinski definition) is 2. The second-order valence-corrected chi connectivity index (χ2v) is 6.30. The van der Waals surface area contributed by atoms with Gasteiger partial charge >= 0.3 is 11.9 Å². The average Bonchev–Trinajstić information content (AvgIpc) is 3.38. The third-order valence-corrected chi connectivity index (χ3v) is 4.22. The molecule has 0 radical (unpaired) electrons. The molecule has 0 aromatic carbocycles. The predicted octanol–water partition coefficient (Wildman–Crippen LogP) is -0.182. The van der Waals surface area contributed by atoms with Crippen molar-refractivity contribution in [2.24, 2.45) is 7.05 Å². The molecule has 1 amide bonds. The first-order valence-corrected chi connectivity index (χ1v) is 8.85. The number of ether oxygens (including phenoxy) is 1. The van der Waals surface area contributed by atoms with E-state index in [1.54, 1.807) is 35.0 Å². The molecule has 1 aliphatic heterocycles. The molecule has 3 heterocycles. The third-order valence-electron chi connectivity index (χ3n) is 4.22. The minimum atomic E-state index is -1.82. The number of Topliss-reactive ketones (excluding diaryl/α,β-unsaturated/α-hetero) is 1. The second kappa shape index (κ2) is 10.2. The van der Waals surface area contributed by atoms with Crippen molar-refractivity contribution in [3.8, 4) is 5.88 Å². The summed E-state index contributed by atoms with van der Waals surface area (Å²) in [5.74, 6) is -3.10. The van der Waals surface area contributed by atoms with E-state index >= 15 is 0 Å². The molecule has 12 nitrogen and oxygen atoms in total. The average molecular weight is 422 g/mol. The first-order chi connectivity index (χ1) is 14.2. The number of carboxylic acids is 2. The van der Waals surface area contributed by atoms with Gasteiger partial charge in [0.25, 0.3) is 5.91 Å². The van der Waals surface area contributed by atoms with Crippen LogP contribution in [0, 0.1) is 0 Å². The molecule has 162 valence electrons. The van der Waals surface area contributed by atoms with Crippen LogP contribution in [0.1, 0.15) is 20.9 Å². The van der Waals surface area contributed by atoms with Crippen molar-refractivity contribution in [3.63, 3.8) is 0 Å². The Kier molecular flexibility index (Phi) is 7.69. The monoisotopic (exact) mass is 422 g/mol. The van der Waals surface area contributed by atoms with Gasteiger partial charge in [0.1, 0.15) is 5.56 Å². The fraction of sp³-hybridized carbons (Fsp3) is 0.389. The van der Waals surface area contributed by atoms with Crippen molar-refractivity contribution in [3.05, 3.63) is 35.9 Å². The van der Waals surface area contributed by atoms with E-state index in [2.05, 4.69) is 5.10 Å². The number of hydrogen-bond acceptors (Lipinski definition) is 8. The smallest absolute Gasteiger partial charge is 0.414 e. The van der Waals surface area contributed by atoms with E-state index in [0.29, 0.717) is 49.9 Å². The molecule has 2 aromatic rings. The molecule has 2 aromatic heterocycles. The molecule has 0 aliphatic carbocycles. The predicted molar refractivity (Wildman–Crippen MR) is 100 cm³/mol. The Bertz CT molecular complexity index is 885. The van der Waals surface area contributed by atoms with Gasteiger partial charge in [0.15, 0.2) is 5.76 Å². The lowest BCUT2D eigenvalue weighted by atomic mass is 10.2. The van der Waals surface area contributed by atoms with Gasteiger partial charge in [0.05, 0.1) is 19.9 Å². The topological polar surface area (TPSA) is 155 Å². The molecule has 12 heteroatoms. The molecule has 1 aliphatic rings. The van der Waals surface area contributed by atoms with Gasteiger partial charge in [-0.25, -0.2) is 9.59 Å². The first-order valence-electron chi connectivity index (χ1n) is 8.85. The van der Waals surface area contributed by atoms with Crippen molar-refractivity contribution < 1.29 is 38.5 Å². The van der Waals surface area contributed by atoms with Gasteiger partial charge in [-0.1, -0.05) is 0 Å². The van der Waals surface area contributed by atoms with E-state index < -0.39 is 11.9 Å². The zero-order valence-electron chi connectivity index (χ0n) is 16.5. The number of aryl methyl sites for hydroxylation is 1. The van der Waals surface area contributed by atoms with E-state index in [-0.39, 0.29) is 11.7 Å². The number of ketones is 1. The Balaban J connectivity index is 0.000000469. The van der Waals surface area contributed by atoms with Gasteiger partial charge in [0, 0.05) is 39.4 Å². The quantitative estimate of drug-likeness (QED) is 0.489. The maximum absolute atomic E-state index is 12.6. The molecule has 0 spiro atoms. The highest BCUT2D eigenvalue weighted by Crippen LogP contribution is 2.18.